The van der Waals surface area contributed by atoms with E-state index in [0.717, 1.165) is 0 Å². The molecule has 0 bridgehead atoms. The van der Waals surface area contributed by atoms with Gasteiger partial charge in [0.1, 0.15) is 6.10 Å². The van der Waals surface area contributed by atoms with Gasteiger partial charge >= 0.3 is 11.9 Å². The van der Waals surface area contributed by atoms with E-state index in [-0.39, 0.29) is 6.61 Å². The van der Waals surface area contributed by atoms with Crippen LogP contribution in [-0.2, 0) is 38.0 Å². The molecule has 8 heteroatoms. The summed E-state index contributed by atoms with van der Waals surface area (Å²) in [4.78, 5) is 24.6. The van der Waals surface area contributed by atoms with Crippen LogP contribution in [-0.4, -0.2) is 62.1 Å². The largest absolute Gasteiger partial charge is 0.454 e. The average molecular weight is 344 g/mol. The highest BCUT2D eigenvalue weighted by molar-refractivity contribution is 5.84. The van der Waals surface area contributed by atoms with Gasteiger partial charge in [0, 0.05) is 7.11 Å². The molecule has 6 atom stereocenters. The Morgan fingerprint density at radius 3 is 2.58 bits per heavy atom. The second-order valence-electron chi connectivity index (χ2n) is 7.14. The van der Waals surface area contributed by atoms with Crippen LogP contribution >= 0.6 is 0 Å². The normalized spacial score (nSPS) is 39.0. The highest BCUT2D eigenvalue weighted by Gasteiger charge is 2.64. The van der Waals surface area contributed by atoms with E-state index >= 15 is 0 Å². The molecule has 0 spiro atoms. The third-order valence-electron chi connectivity index (χ3n) is 4.78. The standard InChI is InChI=1S/C16H24O8/c1-6-16(4,7-19-5)14(18)22-10-8-9(20-12(10)17)11-13(21-8)24-15(2,3)23-11/h8-11,13H,6-7H2,1-5H3. The van der Waals surface area contributed by atoms with Crippen molar-refractivity contribution >= 4 is 11.9 Å². The summed E-state index contributed by atoms with van der Waals surface area (Å²) in [6, 6.07) is 0. The molecule has 3 aliphatic rings. The Morgan fingerprint density at radius 2 is 1.96 bits per heavy atom. The number of hydrogen-bond acceptors (Lipinski definition) is 8. The number of methoxy groups -OCH3 is 1. The van der Waals surface area contributed by atoms with Gasteiger partial charge in [-0.2, -0.15) is 0 Å². The molecule has 0 aliphatic carbocycles. The van der Waals surface area contributed by atoms with E-state index in [4.69, 9.17) is 28.4 Å². The van der Waals surface area contributed by atoms with Gasteiger partial charge in [0.05, 0.1) is 12.0 Å². The van der Waals surface area contributed by atoms with Crippen molar-refractivity contribution in [3.05, 3.63) is 0 Å². The number of rotatable bonds is 5. The Hall–Kier alpha value is -1.22. The zero-order valence-electron chi connectivity index (χ0n) is 14.6. The van der Waals surface area contributed by atoms with Gasteiger partial charge in [0.15, 0.2) is 24.3 Å². The molecule has 8 nitrogen and oxygen atoms in total. The minimum atomic E-state index is -1.12. The van der Waals surface area contributed by atoms with Crippen LogP contribution in [0.4, 0.5) is 0 Å². The van der Waals surface area contributed by atoms with E-state index in [1.54, 1.807) is 20.8 Å². The van der Waals surface area contributed by atoms with Crippen molar-refractivity contribution < 1.29 is 38.0 Å². The zero-order chi connectivity index (χ0) is 17.7. The molecule has 0 radical (unpaired) electrons. The van der Waals surface area contributed by atoms with E-state index in [0.29, 0.717) is 6.42 Å². The summed E-state index contributed by atoms with van der Waals surface area (Å²) < 4.78 is 33.0. The van der Waals surface area contributed by atoms with Crippen molar-refractivity contribution in [2.45, 2.75) is 70.6 Å². The van der Waals surface area contributed by atoms with Crippen molar-refractivity contribution in [3.63, 3.8) is 0 Å². The molecule has 0 N–H and O–H groups in total. The molecule has 136 valence electrons. The van der Waals surface area contributed by atoms with Gasteiger partial charge in [-0.1, -0.05) is 6.92 Å². The van der Waals surface area contributed by atoms with Gasteiger partial charge in [-0.25, -0.2) is 4.79 Å². The number of ether oxygens (including phenoxy) is 6. The minimum Gasteiger partial charge on any atom is -0.454 e. The molecular weight excluding hydrogens is 320 g/mol. The molecule has 3 saturated heterocycles. The molecule has 3 heterocycles. The fraction of sp³-hybridized carbons (Fsp3) is 0.875. The quantitative estimate of drug-likeness (QED) is 0.676. The van der Waals surface area contributed by atoms with Crippen LogP contribution in [0.25, 0.3) is 0 Å². The predicted molar refractivity (Wildman–Crippen MR) is 78.7 cm³/mol. The average Bonchev–Trinajstić information content (AvgIpc) is 3.07. The Bertz CT molecular complexity index is 532. The first-order chi connectivity index (χ1) is 11.2. The lowest BCUT2D eigenvalue weighted by Crippen LogP contribution is -2.42. The van der Waals surface area contributed by atoms with Crippen LogP contribution < -0.4 is 0 Å². The fourth-order valence-electron chi connectivity index (χ4n) is 3.21. The number of hydrogen-bond donors (Lipinski definition) is 0. The maximum absolute atomic E-state index is 12.5. The molecule has 24 heavy (non-hydrogen) atoms. The Labute approximate surface area is 140 Å². The second-order valence-corrected chi connectivity index (χ2v) is 7.14. The molecule has 0 aromatic carbocycles. The maximum Gasteiger partial charge on any atom is 0.350 e. The summed E-state index contributed by atoms with van der Waals surface area (Å²) in [7, 11) is 1.51. The van der Waals surface area contributed by atoms with Gasteiger partial charge in [0.2, 0.25) is 6.10 Å². The van der Waals surface area contributed by atoms with Crippen molar-refractivity contribution in [3.8, 4) is 0 Å². The van der Waals surface area contributed by atoms with Crippen molar-refractivity contribution in [1.82, 2.24) is 0 Å². The smallest absolute Gasteiger partial charge is 0.350 e. The third-order valence-corrected chi connectivity index (χ3v) is 4.78. The first-order valence-corrected chi connectivity index (χ1v) is 8.12. The summed E-state index contributed by atoms with van der Waals surface area (Å²) in [5.41, 5.74) is -0.837. The molecular formula is C16H24O8. The van der Waals surface area contributed by atoms with Crippen molar-refractivity contribution in [1.29, 1.82) is 0 Å². The van der Waals surface area contributed by atoms with Crippen molar-refractivity contribution in [2.75, 3.05) is 13.7 Å². The summed E-state index contributed by atoms with van der Waals surface area (Å²) in [5.74, 6) is -1.95. The van der Waals surface area contributed by atoms with E-state index in [9.17, 15) is 9.59 Å². The second kappa shape index (κ2) is 5.94. The van der Waals surface area contributed by atoms with Crippen LogP contribution in [0.3, 0.4) is 0 Å². The lowest BCUT2D eigenvalue weighted by molar-refractivity contribution is -0.218. The lowest BCUT2D eigenvalue weighted by Gasteiger charge is -2.27. The molecule has 0 aromatic heterocycles. The van der Waals surface area contributed by atoms with Crippen LogP contribution in [0.2, 0.25) is 0 Å². The van der Waals surface area contributed by atoms with Gasteiger partial charge in [-0.15, -0.1) is 0 Å². The Kier molecular flexibility index (Phi) is 4.36. The molecule has 3 aliphatic heterocycles. The Balaban J connectivity index is 1.70. The number of fused-ring (bicyclic) bond motifs is 3. The summed E-state index contributed by atoms with van der Waals surface area (Å²) in [5, 5.41) is 0. The molecule has 0 aromatic rings. The van der Waals surface area contributed by atoms with E-state index < -0.39 is 53.8 Å². The van der Waals surface area contributed by atoms with Crippen LogP contribution in [0.5, 0.6) is 0 Å². The zero-order valence-corrected chi connectivity index (χ0v) is 14.6. The number of carbonyl (C=O) groups excluding carboxylic acids is 2. The fourth-order valence-corrected chi connectivity index (χ4v) is 3.21. The van der Waals surface area contributed by atoms with Crippen molar-refractivity contribution in [2.24, 2.45) is 5.41 Å². The molecule has 3 rings (SSSR count). The molecule has 0 saturated carbocycles. The van der Waals surface area contributed by atoms with E-state index in [1.807, 2.05) is 6.92 Å². The van der Waals surface area contributed by atoms with Gasteiger partial charge in [-0.05, 0) is 27.2 Å². The summed E-state index contributed by atoms with van der Waals surface area (Å²) >= 11 is 0. The van der Waals surface area contributed by atoms with E-state index in [2.05, 4.69) is 0 Å². The first kappa shape index (κ1) is 17.6. The first-order valence-electron chi connectivity index (χ1n) is 8.12. The lowest BCUT2D eigenvalue weighted by atomic mass is 9.88. The third kappa shape index (κ3) is 2.81. The molecule has 3 fully saturated rings. The number of carbonyl (C=O) groups is 2. The Morgan fingerprint density at radius 1 is 1.25 bits per heavy atom. The SMILES string of the molecule is CCC(C)(COC)C(=O)OC1C(=O)OC2C3OC(C)(C)OC3OC12. The number of esters is 2. The van der Waals surface area contributed by atoms with Crippen LogP contribution in [0, 0.1) is 5.41 Å². The topological polar surface area (TPSA) is 89.5 Å². The van der Waals surface area contributed by atoms with Gasteiger partial charge in [0.25, 0.3) is 0 Å². The van der Waals surface area contributed by atoms with Crippen LogP contribution in [0.15, 0.2) is 0 Å². The molecule has 6 unspecified atom stereocenters. The minimum absolute atomic E-state index is 0.199. The molecule has 0 amide bonds. The highest BCUT2D eigenvalue weighted by atomic mass is 16.8. The predicted octanol–water partition coefficient (Wildman–Crippen LogP) is 0.763. The highest BCUT2D eigenvalue weighted by Crippen LogP contribution is 2.43. The van der Waals surface area contributed by atoms with Gasteiger partial charge < -0.3 is 28.4 Å². The summed E-state index contributed by atoms with van der Waals surface area (Å²) in [6.45, 7) is 7.31. The maximum atomic E-state index is 12.5. The van der Waals surface area contributed by atoms with E-state index in [1.165, 1.54) is 7.11 Å². The van der Waals surface area contributed by atoms with Crippen LogP contribution in [0.1, 0.15) is 34.1 Å². The van der Waals surface area contributed by atoms with Gasteiger partial charge in [-0.3, -0.25) is 4.79 Å². The monoisotopic (exact) mass is 344 g/mol. The summed E-state index contributed by atoms with van der Waals surface area (Å²) in [6.07, 6.45) is -3.13.